The highest BCUT2D eigenvalue weighted by molar-refractivity contribution is 5.81. The van der Waals surface area contributed by atoms with Gasteiger partial charge in [-0.15, -0.1) is 0 Å². The molecule has 2 amide bonds. The van der Waals surface area contributed by atoms with Gasteiger partial charge in [-0.2, -0.15) is 0 Å². The molecule has 0 spiro atoms. The van der Waals surface area contributed by atoms with Crippen molar-refractivity contribution < 1.29 is 9.59 Å². The van der Waals surface area contributed by atoms with Crippen LogP contribution >= 0.6 is 0 Å². The zero-order valence-corrected chi connectivity index (χ0v) is 17.6. The smallest absolute Gasteiger partial charge is 0.228 e. The average Bonchev–Trinajstić information content (AvgIpc) is 3.00. The maximum Gasteiger partial charge on any atom is 0.228 e. The molecule has 0 N–H and O–H groups in total. The van der Waals surface area contributed by atoms with Gasteiger partial charge in [-0.1, -0.05) is 20.8 Å². The van der Waals surface area contributed by atoms with Gasteiger partial charge in [0.15, 0.2) is 0 Å². The van der Waals surface area contributed by atoms with E-state index in [2.05, 4.69) is 14.5 Å². The van der Waals surface area contributed by atoms with E-state index in [1.807, 2.05) is 43.7 Å². The molecule has 4 rings (SSSR count). The topological polar surface area (TPSA) is 61.7 Å². The van der Waals surface area contributed by atoms with Crippen LogP contribution in [0.5, 0.6) is 0 Å². The molecule has 7 heteroatoms. The second-order valence-electron chi connectivity index (χ2n) is 9.61. The molecule has 1 unspecified atom stereocenters. The number of piperazine rings is 1. The molecule has 1 aromatic heterocycles. The lowest BCUT2D eigenvalue weighted by Crippen LogP contribution is -2.65. The highest BCUT2D eigenvalue weighted by Gasteiger charge is 2.40. The van der Waals surface area contributed by atoms with Gasteiger partial charge in [0, 0.05) is 81.5 Å². The molecule has 0 aliphatic carbocycles. The molecule has 0 radical (unpaired) electrons. The summed E-state index contributed by atoms with van der Waals surface area (Å²) in [5, 5.41) is 0. The zero-order valence-electron chi connectivity index (χ0n) is 17.6. The minimum Gasteiger partial charge on any atom is -0.340 e. The summed E-state index contributed by atoms with van der Waals surface area (Å²) < 4.78 is 2.24. The number of nitrogens with zero attached hydrogens (tertiary/aromatic N) is 5. The third-order valence-corrected chi connectivity index (χ3v) is 6.58. The number of likely N-dealkylation sites (tertiary alicyclic amines) is 1. The quantitative estimate of drug-likeness (QED) is 0.764. The van der Waals surface area contributed by atoms with Crippen molar-refractivity contribution in [1.29, 1.82) is 0 Å². The van der Waals surface area contributed by atoms with Crippen molar-refractivity contribution in [1.82, 2.24) is 24.3 Å². The van der Waals surface area contributed by atoms with Crippen LogP contribution in [-0.2, 0) is 22.6 Å². The number of aryl methyl sites for hydroxylation is 1. The summed E-state index contributed by atoms with van der Waals surface area (Å²) in [4.78, 5) is 36.2. The van der Waals surface area contributed by atoms with Crippen molar-refractivity contribution in [3.63, 3.8) is 0 Å². The molecule has 1 aromatic rings. The largest absolute Gasteiger partial charge is 0.340 e. The molecule has 0 bridgehead atoms. The van der Waals surface area contributed by atoms with E-state index in [1.54, 1.807) is 0 Å². The lowest BCUT2D eigenvalue weighted by molar-refractivity contribution is -0.146. The van der Waals surface area contributed by atoms with Gasteiger partial charge in [-0.3, -0.25) is 14.5 Å². The molecule has 28 heavy (non-hydrogen) atoms. The molecule has 7 nitrogen and oxygen atoms in total. The summed E-state index contributed by atoms with van der Waals surface area (Å²) in [5.74, 6) is 1.70. The number of hydrogen-bond acceptors (Lipinski definition) is 4. The normalized spacial score (nSPS) is 24.1. The van der Waals surface area contributed by atoms with Crippen LogP contribution in [0.25, 0.3) is 0 Å². The van der Waals surface area contributed by atoms with Gasteiger partial charge >= 0.3 is 0 Å². The monoisotopic (exact) mass is 387 g/mol. The average molecular weight is 388 g/mol. The summed E-state index contributed by atoms with van der Waals surface area (Å²) in [5.41, 5.74) is 0.884. The van der Waals surface area contributed by atoms with E-state index < -0.39 is 0 Å². The molecule has 1 atom stereocenters. The summed E-state index contributed by atoms with van der Waals surface area (Å²) in [7, 11) is 0. The first kappa shape index (κ1) is 19.4. The fourth-order valence-corrected chi connectivity index (χ4v) is 4.72. The van der Waals surface area contributed by atoms with Crippen LogP contribution in [0.4, 0.5) is 0 Å². The van der Waals surface area contributed by atoms with E-state index in [-0.39, 0.29) is 17.2 Å². The lowest BCUT2D eigenvalue weighted by atomic mass is 9.92. The van der Waals surface area contributed by atoms with Gasteiger partial charge in [0.1, 0.15) is 5.82 Å². The Kier molecular flexibility index (Phi) is 4.98. The maximum absolute atomic E-state index is 12.9. The van der Waals surface area contributed by atoms with Gasteiger partial charge in [-0.25, -0.2) is 4.98 Å². The van der Waals surface area contributed by atoms with Crippen molar-refractivity contribution in [2.75, 3.05) is 39.3 Å². The van der Waals surface area contributed by atoms with E-state index in [0.717, 1.165) is 64.5 Å². The van der Waals surface area contributed by atoms with Crippen LogP contribution in [-0.4, -0.2) is 81.4 Å². The van der Waals surface area contributed by atoms with Gasteiger partial charge in [0.2, 0.25) is 11.8 Å². The third kappa shape index (κ3) is 3.56. The van der Waals surface area contributed by atoms with Crippen LogP contribution in [0.1, 0.15) is 38.7 Å². The van der Waals surface area contributed by atoms with Crippen LogP contribution in [0.3, 0.4) is 0 Å². The standard InChI is InChI=1S/C21H33N5O2/c1-15-22-12-17-11-16(5-6-26(15)17)19(27)25-13-18(14-25)23-7-9-24(10-8-23)20(28)21(2,3)4/h12,16,18H,5-11,13-14H2,1-4H3. The second-order valence-corrected chi connectivity index (χ2v) is 9.61. The van der Waals surface area contributed by atoms with E-state index >= 15 is 0 Å². The number of hydrogen-bond donors (Lipinski definition) is 0. The minimum absolute atomic E-state index is 0.103. The van der Waals surface area contributed by atoms with Crippen molar-refractivity contribution in [3.8, 4) is 0 Å². The number of fused-ring (bicyclic) bond motifs is 1. The highest BCUT2D eigenvalue weighted by atomic mass is 16.2. The van der Waals surface area contributed by atoms with Crippen molar-refractivity contribution in [3.05, 3.63) is 17.7 Å². The zero-order chi connectivity index (χ0) is 20.1. The molecule has 0 saturated carbocycles. The first-order valence-electron chi connectivity index (χ1n) is 10.6. The van der Waals surface area contributed by atoms with Crippen molar-refractivity contribution in [2.45, 2.75) is 53.1 Å². The van der Waals surface area contributed by atoms with Crippen molar-refractivity contribution in [2.24, 2.45) is 11.3 Å². The van der Waals surface area contributed by atoms with Crippen LogP contribution in [0, 0.1) is 18.3 Å². The summed E-state index contributed by atoms with van der Waals surface area (Å²) >= 11 is 0. The number of aromatic nitrogens is 2. The number of carbonyl (C=O) groups excluding carboxylic acids is 2. The van der Waals surface area contributed by atoms with E-state index in [0.29, 0.717) is 11.9 Å². The van der Waals surface area contributed by atoms with E-state index in [1.165, 1.54) is 5.69 Å². The number of carbonyl (C=O) groups is 2. The molecule has 3 aliphatic heterocycles. The third-order valence-electron chi connectivity index (χ3n) is 6.58. The Bertz CT molecular complexity index is 751. The fraction of sp³-hybridized carbons (Fsp3) is 0.762. The molecule has 2 saturated heterocycles. The molecular formula is C21H33N5O2. The maximum atomic E-state index is 12.9. The first-order chi connectivity index (χ1) is 13.2. The van der Waals surface area contributed by atoms with E-state index in [9.17, 15) is 9.59 Å². The molecule has 0 aromatic carbocycles. The van der Waals surface area contributed by atoms with E-state index in [4.69, 9.17) is 0 Å². The Balaban J connectivity index is 1.24. The Labute approximate surface area is 167 Å². The van der Waals surface area contributed by atoms with Crippen LogP contribution in [0.2, 0.25) is 0 Å². The highest BCUT2D eigenvalue weighted by Crippen LogP contribution is 2.27. The predicted molar refractivity (Wildman–Crippen MR) is 107 cm³/mol. The molecular weight excluding hydrogens is 354 g/mol. The molecule has 3 aliphatic rings. The summed E-state index contributed by atoms with van der Waals surface area (Å²) in [6.07, 6.45) is 3.65. The molecule has 2 fully saturated rings. The molecule has 4 heterocycles. The van der Waals surface area contributed by atoms with Gasteiger partial charge < -0.3 is 14.4 Å². The van der Waals surface area contributed by atoms with Crippen LogP contribution in [0.15, 0.2) is 6.20 Å². The second kappa shape index (κ2) is 7.17. The fourth-order valence-electron chi connectivity index (χ4n) is 4.72. The SMILES string of the molecule is Cc1ncc2n1CCC(C(=O)N1CC(N3CCN(C(=O)C(C)(C)C)CC3)C1)C2. The Morgan fingerprint density at radius 1 is 1.04 bits per heavy atom. The number of amides is 2. The number of imidazole rings is 1. The van der Waals surface area contributed by atoms with Gasteiger partial charge in [-0.05, 0) is 13.3 Å². The van der Waals surface area contributed by atoms with Gasteiger partial charge in [0.05, 0.1) is 0 Å². The lowest BCUT2D eigenvalue weighted by Gasteiger charge is -2.49. The predicted octanol–water partition coefficient (Wildman–Crippen LogP) is 1.16. The van der Waals surface area contributed by atoms with Crippen molar-refractivity contribution >= 4 is 11.8 Å². The molecule has 154 valence electrons. The van der Waals surface area contributed by atoms with Crippen LogP contribution < -0.4 is 0 Å². The number of rotatable bonds is 2. The Hall–Kier alpha value is -1.89. The first-order valence-corrected chi connectivity index (χ1v) is 10.6. The Morgan fingerprint density at radius 2 is 1.71 bits per heavy atom. The summed E-state index contributed by atoms with van der Waals surface area (Å²) in [6.45, 7) is 14.0. The Morgan fingerprint density at radius 3 is 2.36 bits per heavy atom. The summed E-state index contributed by atoms with van der Waals surface area (Å²) in [6, 6.07) is 0.451. The minimum atomic E-state index is -0.310. The van der Waals surface area contributed by atoms with Gasteiger partial charge in [0.25, 0.3) is 0 Å².